The van der Waals surface area contributed by atoms with E-state index in [-0.39, 0.29) is 6.04 Å². The van der Waals surface area contributed by atoms with Crippen LogP contribution in [-0.4, -0.2) is 39.1 Å². The first kappa shape index (κ1) is 16.3. The zero-order chi connectivity index (χ0) is 18.4. The molecule has 0 spiro atoms. The molecule has 0 saturated carbocycles. The highest BCUT2D eigenvalue weighted by molar-refractivity contribution is 5.78. The number of anilines is 1. The lowest BCUT2D eigenvalue weighted by atomic mass is 10.1. The molecule has 2 aliphatic rings. The molecule has 5 N–H and O–H groups in total. The molecule has 1 unspecified atom stereocenters. The normalized spacial score (nSPS) is 23.3. The Kier molecular flexibility index (Phi) is 3.66. The molecule has 5 rings (SSSR count). The molecular weight excluding hydrogens is 344 g/mol. The number of aromatic amines is 1. The lowest BCUT2D eigenvalue weighted by Crippen LogP contribution is -2.50. The highest BCUT2D eigenvalue weighted by atomic mass is 16.5. The number of ether oxygens (including phenoxy) is 1. The fourth-order valence-electron chi connectivity index (χ4n) is 3.59. The maximum atomic E-state index is 6.67. The second kappa shape index (κ2) is 6.07. The van der Waals surface area contributed by atoms with Gasteiger partial charge in [-0.3, -0.25) is 21.3 Å². The summed E-state index contributed by atoms with van der Waals surface area (Å²) in [4.78, 5) is 9.32. The van der Waals surface area contributed by atoms with Crippen LogP contribution in [0.4, 0.5) is 5.82 Å². The van der Waals surface area contributed by atoms with Crippen LogP contribution in [0, 0.1) is 6.92 Å². The largest absolute Gasteiger partial charge is 0.381 e. The summed E-state index contributed by atoms with van der Waals surface area (Å²) in [5.41, 5.74) is 13.3. The van der Waals surface area contributed by atoms with Crippen LogP contribution in [0.3, 0.4) is 0 Å². The number of hydrogen-bond donors (Lipinski definition) is 4. The second-order valence-corrected chi connectivity index (χ2v) is 7.07. The number of fused-ring (bicyclic) bond motifs is 2. The number of aromatic nitrogens is 4. The Balaban J connectivity index is 1.52. The van der Waals surface area contributed by atoms with Gasteiger partial charge >= 0.3 is 0 Å². The molecule has 2 aliphatic heterocycles. The molecule has 0 amide bonds. The van der Waals surface area contributed by atoms with E-state index in [2.05, 4.69) is 25.9 Å². The van der Waals surface area contributed by atoms with E-state index in [9.17, 15) is 0 Å². The van der Waals surface area contributed by atoms with Gasteiger partial charge < -0.3 is 10.1 Å². The fourth-order valence-corrected chi connectivity index (χ4v) is 3.59. The van der Waals surface area contributed by atoms with Crippen molar-refractivity contribution in [1.29, 1.82) is 0 Å². The predicted octanol–water partition coefficient (Wildman–Crippen LogP) is 0.886. The monoisotopic (exact) mass is 366 g/mol. The third kappa shape index (κ3) is 2.75. The van der Waals surface area contributed by atoms with Crippen molar-refractivity contribution in [2.24, 2.45) is 10.7 Å². The minimum absolute atomic E-state index is 0.263. The highest BCUT2D eigenvalue weighted by Crippen LogP contribution is 2.27. The minimum Gasteiger partial charge on any atom is -0.381 e. The van der Waals surface area contributed by atoms with E-state index in [1.54, 1.807) is 6.20 Å². The summed E-state index contributed by atoms with van der Waals surface area (Å²) in [6.45, 7) is 3.49. The number of nitrogens with two attached hydrogens (primary N) is 1. The summed E-state index contributed by atoms with van der Waals surface area (Å²) in [6, 6.07) is 8.20. The Hall–Kier alpha value is -2.91. The number of aryl methyl sites for hydroxylation is 1. The van der Waals surface area contributed by atoms with E-state index in [4.69, 9.17) is 15.5 Å². The summed E-state index contributed by atoms with van der Waals surface area (Å²) in [5.74, 6) is -0.131. The Morgan fingerprint density at radius 2 is 2.19 bits per heavy atom. The van der Waals surface area contributed by atoms with Crippen molar-refractivity contribution in [3.05, 3.63) is 47.2 Å². The van der Waals surface area contributed by atoms with Gasteiger partial charge in [0.15, 0.2) is 5.65 Å². The number of pyridine rings is 2. The topological polar surface area (TPSA) is 118 Å². The molecule has 0 aliphatic carbocycles. The molecule has 0 radical (unpaired) electrons. The standard InChI is InChI=1S/C18H22N8O/c1-11-14-9-12(10-20-17(14)24-23-11)18(19)22-16-4-2-3-15(26(16)25-18)21-13-5-7-27-8-6-13/h2-4,9-10,13,22,25H,5-8,19H2,1H3,(H,20,23,24). The van der Waals surface area contributed by atoms with E-state index < -0.39 is 5.79 Å². The van der Waals surface area contributed by atoms with Crippen LogP contribution in [0.5, 0.6) is 0 Å². The van der Waals surface area contributed by atoms with Crippen molar-refractivity contribution < 1.29 is 4.74 Å². The molecule has 27 heavy (non-hydrogen) atoms. The number of nitrogens with zero attached hydrogens (tertiary/aromatic N) is 4. The van der Waals surface area contributed by atoms with Gasteiger partial charge in [-0.2, -0.15) is 5.10 Å². The summed E-state index contributed by atoms with van der Waals surface area (Å²) in [6.07, 6.45) is 3.61. The van der Waals surface area contributed by atoms with Gasteiger partial charge in [-0.1, -0.05) is 6.07 Å². The van der Waals surface area contributed by atoms with Gasteiger partial charge in [0.2, 0.25) is 5.79 Å². The van der Waals surface area contributed by atoms with Crippen LogP contribution in [0.1, 0.15) is 24.1 Å². The third-order valence-corrected chi connectivity index (χ3v) is 5.14. The lowest BCUT2D eigenvalue weighted by Gasteiger charge is -2.25. The van der Waals surface area contributed by atoms with Crippen molar-refractivity contribution in [3.63, 3.8) is 0 Å². The molecule has 140 valence electrons. The molecule has 3 aromatic heterocycles. The van der Waals surface area contributed by atoms with Crippen LogP contribution in [0.2, 0.25) is 0 Å². The van der Waals surface area contributed by atoms with E-state index in [1.165, 1.54) is 0 Å². The number of H-pyrrole nitrogens is 1. The second-order valence-electron chi connectivity index (χ2n) is 7.07. The smallest absolute Gasteiger partial charge is 0.205 e. The number of rotatable bonds is 2. The summed E-state index contributed by atoms with van der Waals surface area (Å²) in [7, 11) is 0. The third-order valence-electron chi connectivity index (χ3n) is 5.14. The average molecular weight is 366 g/mol. The maximum absolute atomic E-state index is 6.67. The van der Waals surface area contributed by atoms with Gasteiger partial charge in [0.05, 0.1) is 6.04 Å². The molecule has 5 heterocycles. The van der Waals surface area contributed by atoms with Crippen molar-refractivity contribution >= 4 is 16.9 Å². The highest BCUT2D eigenvalue weighted by Gasteiger charge is 2.35. The van der Waals surface area contributed by atoms with Crippen molar-refractivity contribution in [3.8, 4) is 0 Å². The summed E-state index contributed by atoms with van der Waals surface area (Å²) < 4.78 is 7.33. The lowest BCUT2D eigenvalue weighted by molar-refractivity contribution is 0.0861. The van der Waals surface area contributed by atoms with E-state index in [0.29, 0.717) is 5.65 Å². The van der Waals surface area contributed by atoms with Gasteiger partial charge in [-0.05, 0) is 38.0 Å². The van der Waals surface area contributed by atoms with E-state index in [1.807, 2.05) is 35.9 Å². The Labute approximate surface area is 155 Å². The van der Waals surface area contributed by atoms with E-state index >= 15 is 0 Å². The number of nitrogens with one attached hydrogen (secondary N) is 3. The Bertz CT molecular complexity index is 1060. The zero-order valence-electron chi connectivity index (χ0n) is 15.1. The molecule has 1 atom stereocenters. The van der Waals surface area contributed by atoms with Crippen LogP contribution < -0.4 is 22.0 Å². The average Bonchev–Trinajstić information content (AvgIpc) is 3.23. The van der Waals surface area contributed by atoms with Crippen molar-refractivity contribution in [2.75, 3.05) is 24.0 Å². The molecule has 9 nitrogen and oxygen atoms in total. The van der Waals surface area contributed by atoms with Crippen LogP contribution in [-0.2, 0) is 10.5 Å². The van der Waals surface area contributed by atoms with Gasteiger partial charge in [0.25, 0.3) is 0 Å². The first-order valence-corrected chi connectivity index (χ1v) is 9.12. The van der Waals surface area contributed by atoms with Crippen LogP contribution in [0.25, 0.3) is 11.0 Å². The molecular formula is C18H22N8O. The predicted molar refractivity (Wildman–Crippen MR) is 101 cm³/mol. The Morgan fingerprint density at radius 3 is 3.04 bits per heavy atom. The van der Waals surface area contributed by atoms with Crippen LogP contribution >= 0.6 is 0 Å². The maximum Gasteiger partial charge on any atom is 0.205 e. The first-order chi connectivity index (χ1) is 13.1. The molecule has 1 saturated heterocycles. The quantitative estimate of drug-likeness (QED) is 0.535. The van der Waals surface area contributed by atoms with Crippen molar-refractivity contribution in [1.82, 2.24) is 19.9 Å². The van der Waals surface area contributed by atoms with Crippen LogP contribution in [0.15, 0.2) is 35.5 Å². The molecule has 0 aromatic carbocycles. The first-order valence-electron chi connectivity index (χ1n) is 9.12. The SMILES string of the molecule is Cc1[nH]nc2ncc(C3(N)Nc4cccc(=NC5CCOCC5)n4N3)cc12. The van der Waals surface area contributed by atoms with Gasteiger partial charge in [0, 0.05) is 36.1 Å². The van der Waals surface area contributed by atoms with Gasteiger partial charge in [0.1, 0.15) is 11.3 Å². The summed E-state index contributed by atoms with van der Waals surface area (Å²) >= 11 is 0. The molecule has 3 aromatic rings. The fraction of sp³-hybridized carbons (Fsp3) is 0.389. The van der Waals surface area contributed by atoms with E-state index in [0.717, 1.165) is 54.0 Å². The molecule has 0 bridgehead atoms. The van der Waals surface area contributed by atoms with Crippen molar-refractivity contribution in [2.45, 2.75) is 31.6 Å². The Morgan fingerprint density at radius 1 is 1.33 bits per heavy atom. The summed E-state index contributed by atoms with van der Waals surface area (Å²) in [5, 5.41) is 11.4. The van der Waals surface area contributed by atoms with Gasteiger partial charge in [-0.15, -0.1) is 0 Å². The van der Waals surface area contributed by atoms with Gasteiger partial charge in [-0.25, -0.2) is 9.66 Å². The molecule has 1 fully saturated rings. The zero-order valence-corrected chi connectivity index (χ0v) is 15.1. The molecule has 9 heteroatoms. The minimum atomic E-state index is -0.987. The number of hydrogen-bond acceptors (Lipinski definition) is 7.